The molecule has 0 saturated heterocycles. The molecular formula is C27H17Br2NO4. The van der Waals surface area contributed by atoms with Gasteiger partial charge in [0, 0.05) is 26.7 Å². The SMILES string of the molecule is O=C(Oc1cc2c(cc1OC(=O)c1ccccc1Br)CNc1ccccc1-2)c1ccc(Br)cc1. The Balaban J connectivity index is 1.55. The maximum absolute atomic E-state index is 12.9. The summed E-state index contributed by atoms with van der Waals surface area (Å²) in [4.78, 5) is 25.8. The second-order valence-corrected chi connectivity index (χ2v) is 9.39. The zero-order valence-electron chi connectivity index (χ0n) is 17.7. The van der Waals surface area contributed by atoms with Gasteiger partial charge in [-0.05, 0) is 81.7 Å². The number of fused-ring (bicyclic) bond motifs is 3. The van der Waals surface area contributed by atoms with E-state index < -0.39 is 11.9 Å². The van der Waals surface area contributed by atoms with Crippen LogP contribution in [-0.2, 0) is 6.54 Å². The number of carbonyl (C=O) groups is 2. The van der Waals surface area contributed by atoms with E-state index in [-0.39, 0.29) is 11.5 Å². The molecule has 5 nitrogen and oxygen atoms in total. The number of rotatable bonds is 4. The first kappa shape index (κ1) is 22.4. The summed E-state index contributed by atoms with van der Waals surface area (Å²) in [6.45, 7) is 0.548. The molecule has 1 aliphatic heterocycles. The van der Waals surface area contributed by atoms with Gasteiger partial charge in [-0.1, -0.05) is 46.3 Å². The molecule has 1 heterocycles. The van der Waals surface area contributed by atoms with Gasteiger partial charge < -0.3 is 14.8 Å². The Morgan fingerprint density at radius 2 is 1.41 bits per heavy atom. The molecule has 0 saturated carbocycles. The second-order valence-electron chi connectivity index (χ2n) is 7.62. The van der Waals surface area contributed by atoms with E-state index in [1.165, 1.54) is 0 Å². The number of nitrogens with one attached hydrogen (secondary N) is 1. The molecule has 5 rings (SSSR count). The molecule has 0 spiro atoms. The van der Waals surface area contributed by atoms with Crippen LogP contribution in [0.3, 0.4) is 0 Å². The van der Waals surface area contributed by atoms with E-state index in [0.29, 0.717) is 22.1 Å². The highest BCUT2D eigenvalue weighted by Gasteiger charge is 2.23. The Morgan fingerprint density at radius 1 is 0.735 bits per heavy atom. The van der Waals surface area contributed by atoms with Crippen molar-refractivity contribution < 1.29 is 19.1 Å². The molecule has 0 aliphatic carbocycles. The van der Waals surface area contributed by atoms with Crippen molar-refractivity contribution in [2.45, 2.75) is 6.54 Å². The predicted molar refractivity (Wildman–Crippen MR) is 137 cm³/mol. The van der Waals surface area contributed by atoms with Crippen molar-refractivity contribution >= 4 is 49.5 Å². The molecule has 0 atom stereocenters. The summed E-state index contributed by atoms with van der Waals surface area (Å²) in [6, 6.07) is 25.2. The van der Waals surface area contributed by atoms with E-state index >= 15 is 0 Å². The number of halogens is 2. The zero-order valence-corrected chi connectivity index (χ0v) is 20.9. The summed E-state index contributed by atoms with van der Waals surface area (Å²) in [5, 5.41) is 3.37. The summed E-state index contributed by atoms with van der Waals surface area (Å²) in [5.41, 5.74) is 4.55. The lowest BCUT2D eigenvalue weighted by atomic mass is 9.94. The van der Waals surface area contributed by atoms with Crippen molar-refractivity contribution in [3.8, 4) is 22.6 Å². The number of esters is 2. The molecule has 0 fully saturated rings. The quantitative estimate of drug-likeness (QED) is 0.204. The van der Waals surface area contributed by atoms with Crippen molar-refractivity contribution in [3.05, 3.63) is 111 Å². The Labute approximate surface area is 213 Å². The van der Waals surface area contributed by atoms with Crippen LogP contribution in [0.4, 0.5) is 5.69 Å². The minimum atomic E-state index is -0.558. The van der Waals surface area contributed by atoms with E-state index in [0.717, 1.165) is 26.9 Å². The zero-order chi connectivity index (χ0) is 23.7. The molecule has 0 radical (unpaired) electrons. The molecule has 7 heteroatoms. The molecular weight excluding hydrogens is 562 g/mol. The first-order valence-electron chi connectivity index (χ1n) is 10.4. The molecule has 1 aliphatic rings. The molecule has 0 bridgehead atoms. The Morgan fingerprint density at radius 3 is 2.21 bits per heavy atom. The first-order chi connectivity index (χ1) is 16.5. The molecule has 4 aromatic carbocycles. The number of para-hydroxylation sites is 1. The number of anilines is 1. The summed E-state index contributed by atoms with van der Waals surface area (Å²) < 4.78 is 13.0. The molecule has 168 valence electrons. The maximum Gasteiger partial charge on any atom is 0.344 e. The average Bonchev–Trinajstić information content (AvgIpc) is 2.85. The van der Waals surface area contributed by atoms with Gasteiger partial charge in [0.05, 0.1) is 11.1 Å². The minimum absolute atomic E-state index is 0.170. The average molecular weight is 579 g/mol. The number of benzene rings is 4. The Bertz CT molecular complexity index is 1420. The Hall–Kier alpha value is -3.42. The normalized spacial score (nSPS) is 11.6. The Kier molecular flexibility index (Phi) is 6.22. The van der Waals surface area contributed by atoms with E-state index in [1.807, 2.05) is 30.3 Å². The third-order valence-corrected chi connectivity index (χ3v) is 6.66. The van der Waals surface area contributed by atoms with E-state index in [9.17, 15) is 9.59 Å². The van der Waals surface area contributed by atoms with Crippen molar-refractivity contribution in [3.63, 3.8) is 0 Å². The van der Waals surface area contributed by atoms with Crippen LogP contribution in [0.5, 0.6) is 11.5 Å². The van der Waals surface area contributed by atoms with Crippen LogP contribution >= 0.6 is 31.9 Å². The van der Waals surface area contributed by atoms with Gasteiger partial charge in [-0.15, -0.1) is 0 Å². The lowest BCUT2D eigenvalue weighted by Gasteiger charge is -2.23. The first-order valence-corrected chi connectivity index (χ1v) is 12.0. The molecule has 4 aromatic rings. The fraction of sp³-hybridized carbons (Fsp3) is 0.0370. The highest BCUT2D eigenvalue weighted by atomic mass is 79.9. The molecule has 34 heavy (non-hydrogen) atoms. The van der Waals surface area contributed by atoms with Crippen LogP contribution in [0.2, 0.25) is 0 Å². The van der Waals surface area contributed by atoms with E-state index in [2.05, 4.69) is 37.2 Å². The van der Waals surface area contributed by atoms with Crippen molar-refractivity contribution in [2.24, 2.45) is 0 Å². The van der Waals surface area contributed by atoms with Crippen LogP contribution < -0.4 is 14.8 Å². The van der Waals surface area contributed by atoms with Crippen LogP contribution in [-0.4, -0.2) is 11.9 Å². The van der Waals surface area contributed by atoms with E-state index in [4.69, 9.17) is 9.47 Å². The largest absolute Gasteiger partial charge is 0.419 e. The van der Waals surface area contributed by atoms with Crippen molar-refractivity contribution in [1.29, 1.82) is 0 Å². The van der Waals surface area contributed by atoms with Gasteiger partial charge in [0.15, 0.2) is 11.5 Å². The van der Waals surface area contributed by atoms with Gasteiger partial charge in [-0.3, -0.25) is 0 Å². The number of hydrogen-bond donors (Lipinski definition) is 1. The minimum Gasteiger partial charge on any atom is -0.419 e. The monoisotopic (exact) mass is 577 g/mol. The van der Waals surface area contributed by atoms with Gasteiger partial charge >= 0.3 is 11.9 Å². The standard InChI is InChI=1S/C27H17Br2NO4/c28-18-11-9-16(10-12-18)26(31)33-25-14-21-17(15-30-23-8-4-2-5-19(21)23)13-24(25)34-27(32)20-6-1-3-7-22(20)29/h1-14,30H,15H2. The van der Waals surface area contributed by atoms with Gasteiger partial charge in [0.1, 0.15) is 0 Å². The maximum atomic E-state index is 12.9. The second kappa shape index (κ2) is 9.44. The van der Waals surface area contributed by atoms with Crippen molar-refractivity contribution in [2.75, 3.05) is 5.32 Å². The summed E-state index contributed by atoms with van der Waals surface area (Å²) >= 11 is 6.75. The lowest BCUT2D eigenvalue weighted by molar-refractivity contribution is 0.0682. The topological polar surface area (TPSA) is 64.6 Å². The summed E-state index contributed by atoms with van der Waals surface area (Å²) in [7, 11) is 0. The van der Waals surface area contributed by atoms with Crippen molar-refractivity contribution in [1.82, 2.24) is 0 Å². The fourth-order valence-electron chi connectivity index (χ4n) is 3.75. The molecule has 1 N–H and O–H groups in total. The van der Waals surface area contributed by atoms with Gasteiger partial charge in [0.2, 0.25) is 0 Å². The number of ether oxygens (including phenoxy) is 2. The van der Waals surface area contributed by atoms with Gasteiger partial charge in [0.25, 0.3) is 0 Å². The molecule has 0 amide bonds. The molecule has 0 aromatic heterocycles. The number of carbonyl (C=O) groups excluding carboxylic acids is 2. The highest BCUT2D eigenvalue weighted by Crippen LogP contribution is 2.42. The van der Waals surface area contributed by atoms with E-state index in [1.54, 1.807) is 54.6 Å². The van der Waals surface area contributed by atoms with Gasteiger partial charge in [-0.2, -0.15) is 0 Å². The predicted octanol–water partition coefficient (Wildman–Crippen LogP) is 7.24. The van der Waals surface area contributed by atoms with Crippen LogP contribution in [0.25, 0.3) is 11.1 Å². The molecule has 0 unspecified atom stereocenters. The van der Waals surface area contributed by atoms with Crippen LogP contribution in [0, 0.1) is 0 Å². The summed E-state index contributed by atoms with van der Waals surface area (Å²) in [5.74, 6) is -0.764. The number of hydrogen-bond acceptors (Lipinski definition) is 5. The highest BCUT2D eigenvalue weighted by molar-refractivity contribution is 9.10. The fourth-order valence-corrected chi connectivity index (χ4v) is 4.46. The third-order valence-electron chi connectivity index (χ3n) is 5.44. The van der Waals surface area contributed by atoms with Crippen LogP contribution in [0.15, 0.2) is 93.9 Å². The lowest BCUT2D eigenvalue weighted by Crippen LogP contribution is -2.15. The smallest absolute Gasteiger partial charge is 0.344 e. The van der Waals surface area contributed by atoms with Crippen LogP contribution in [0.1, 0.15) is 26.3 Å². The third kappa shape index (κ3) is 4.49. The summed E-state index contributed by atoms with van der Waals surface area (Å²) in [6.07, 6.45) is 0. The van der Waals surface area contributed by atoms with Gasteiger partial charge in [-0.25, -0.2) is 9.59 Å².